The van der Waals surface area contributed by atoms with E-state index in [1.807, 2.05) is 6.08 Å². The summed E-state index contributed by atoms with van der Waals surface area (Å²) >= 11 is 0. The summed E-state index contributed by atoms with van der Waals surface area (Å²) in [6.07, 6.45) is 41.2. The van der Waals surface area contributed by atoms with Crippen LogP contribution in [0.3, 0.4) is 0 Å². The molecule has 0 aromatic rings. The van der Waals surface area contributed by atoms with Gasteiger partial charge in [-0.05, 0) is 38.5 Å². The number of aliphatic hydroxyl groups excluding tert-OH is 8. The highest BCUT2D eigenvalue weighted by Gasteiger charge is 2.51. The van der Waals surface area contributed by atoms with Gasteiger partial charge in [-0.2, -0.15) is 0 Å². The fourth-order valence-electron chi connectivity index (χ4n) is 10.5. The van der Waals surface area contributed by atoms with Gasteiger partial charge in [0.05, 0.1) is 32.0 Å². The third-order valence-electron chi connectivity index (χ3n) is 15.6. The molecule has 0 radical (unpaired) electrons. The lowest BCUT2D eigenvalue weighted by Crippen LogP contribution is -2.65. The normalized spacial score (nSPS) is 25.0. The van der Waals surface area contributed by atoms with Crippen LogP contribution >= 0.6 is 0 Å². The number of nitrogens with one attached hydrogen (secondary N) is 1. The summed E-state index contributed by atoms with van der Waals surface area (Å²) in [6, 6.07) is -0.916. The molecule has 0 saturated carbocycles. The average Bonchev–Trinajstić information content (AvgIpc) is 3.42. The van der Waals surface area contributed by atoms with E-state index in [0.29, 0.717) is 6.42 Å². The smallest absolute Gasteiger partial charge is 0.220 e. The van der Waals surface area contributed by atoms with Crippen LogP contribution in [0.5, 0.6) is 0 Å². The third-order valence-corrected chi connectivity index (χ3v) is 15.6. The number of carbonyl (C=O) groups excluding carboxylic acids is 1. The van der Waals surface area contributed by atoms with E-state index in [2.05, 4.69) is 31.3 Å². The summed E-state index contributed by atoms with van der Waals surface area (Å²) in [5.41, 5.74) is 0. The molecule has 14 nitrogen and oxygen atoms in total. The molecule has 12 unspecified atom stereocenters. The Labute approximate surface area is 462 Å². The first-order chi connectivity index (χ1) is 37.1. The van der Waals surface area contributed by atoms with E-state index in [9.17, 15) is 45.6 Å². The first-order valence-corrected chi connectivity index (χ1v) is 31.6. The van der Waals surface area contributed by atoms with E-state index in [4.69, 9.17) is 18.9 Å². The van der Waals surface area contributed by atoms with Gasteiger partial charge >= 0.3 is 0 Å². The number of amides is 1. The van der Waals surface area contributed by atoms with Crippen LogP contribution in [-0.4, -0.2) is 140 Å². The van der Waals surface area contributed by atoms with Crippen molar-refractivity contribution in [2.24, 2.45) is 0 Å². The lowest BCUT2D eigenvalue weighted by molar-refractivity contribution is -0.359. The molecular weight excluding hydrogens is 967 g/mol. The van der Waals surface area contributed by atoms with Crippen molar-refractivity contribution in [2.45, 2.75) is 344 Å². The number of hydrogen-bond acceptors (Lipinski definition) is 13. The van der Waals surface area contributed by atoms with Gasteiger partial charge in [-0.1, -0.05) is 250 Å². The Morgan fingerprint density at radius 1 is 0.461 bits per heavy atom. The van der Waals surface area contributed by atoms with E-state index in [1.165, 1.54) is 180 Å². The summed E-state index contributed by atoms with van der Waals surface area (Å²) in [4.78, 5) is 13.2. The first kappa shape index (κ1) is 70.6. The van der Waals surface area contributed by atoms with Crippen molar-refractivity contribution in [1.29, 1.82) is 0 Å². The van der Waals surface area contributed by atoms with E-state index < -0.39 is 86.8 Å². The second-order valence-corrected chi connectivity index (χ2v) is 22.5. The van der Waals surface area contributed by atoms with Crippen molar-refractivity contribution < 1.29 is 64.6 Å². The predicted octanol–water partition coefficient (Wildman–Crippen LogP) is 11.2. The van der Waals surface area contributed by atoms with E-state index in [0.717, 1.165) is 64.2 Å². The van der Waals surface area contributed by atoms with Gasteiger partial charge < -0.3 is 65.1 Å². The highest BCUT2D eigenvalue weighted by molar-refractivity contribution is 5.76. The van der Waals surface area contributed by atoms with Crippen LogP contribution in [0.1, 0.15) is 271 Å². The topological polar surface area (TPSA) is 228 Å². The van der Waals surface area contributed by atoms with Crippen molar-refractivity contribution in [1.82, 2.24) is 5.32 Å². The molecule has 76 heavy (non-hydrogen) atoms. The molecule has 9 N–H and O–H groups in total. The maximum Gasteiger partial charge on any atom is 0.220 e. The molecule has 12 atom stereocenters. The molecule has 0 aliphatic carbocycles. The second kappa shape index (κ2) is 48.2. The summed E-state index contributed by atoms with van der Waals surface area (Å²) in [6.45, 7) is 2.74. The molecule has 448 valence electrons. The molecule has 0 bridgehead atoms. The molecule has 2 aliphatic heterocycles. The maximum atomic E-state index is 13.2. The standard InChI is InChI=1S/C62H117NO13/c1-3-5-7-9-11-13-15-16-17-18-19-20-21-22-23-24-25-26-27-28-29-30-31-32-33-34-35-36-37-39-41-43-45-51(66)50(63-54(67)46-44-42-40-38-14-12-10-8-6-4-2)49-73-61-59(72)57(70)60(53(48-65)75-61)76-62-58(71)56(69)55(68)52(47-64)74-62/h8,10,43,45,50-53,55-62,64-66,68-72H,3-7,9,11-42,44,46-49H2,1-2H3,(H,63,67)/b10-8-,45-43+. The molecule has 0 aromatic carbocycles. The Hall–Kier alpha value is -1.53. The highest BCUT2D eigenvalue weighted by Crippen LogP contribution is 2.30. The molecule has 2 rings (SSSR count). The summed E-state index contributed by atoms with van der Waals surface area (Å²) in [7, 11) is 0. The van der Waals surface area contributed by atoms with Gasteiger partial charge in [0.15, 0.2) is 12.6 Å². The molecule has 0 aromatic heterocycles. The largest absolute Gasteiger partial charge is 0.394 e. The minimum absolute atomic E-state index is 0.249. The molecule has 2 saturated heterocycles. The number of allylic oxidation sites excluding steroid dienone is 3. The van der Waals surface area contributed by atoms with Crippen LogP contribution in [0, 0.1) is 0 Å². The fourth-order valence-corrected chi connectivity index (χ4v) is 10.5. The monoisotopic (exact) mass is 1080 g/mol. The molecule has 2 fully saturated rings. The minimum Gasteiger partial charge on any atom is -0.394 e. The Bertz CT molecular complexity index is 1370. The predicted molar refractivity (Wildman–Crippen MR) is 305 cm³/mol. The van der Waals surface area contributed by atoms with E-state index in [-0.39, 0.29) is 18.9 Å². The van der Waals surface area contributed by atoms with Gasteiger partial charge in [-0.15, -0.1) is 0 Å². The van der Waals surface area contributed by atoms with Crippen molar-refractivity contribution >= 4 is 5.91 Å². The number of unbranched alkanes of at least 4 members (excludes halogenated alkanes) is 36. The molecule has 1 amide bonds. The average molecular weight is 1080 g/mol. The van der Waals surface area contributed by atoms with Gasteiger partial charge in [-0.3, -0.25) is 4.79 Å². The SMILES string of the molecule is CCC/C=C\CCCCCCCC(=O)NC(COC1OC(CO)C(OC2OC(CO)C(O)C(O)C2O)C(O)C1O)C(O)/C=C/CCCCCCCCCCCCCCCCCCCCCCCCCCCCCCCC. The van der Waals surface area contributed by atoms with Crippen molar-refractivity contribution in [2.75, 3.05) is 19.8 Å². The Morgan fingerprint density at radius 2 is 0.855 bits per heavy atom. The number of hydrogen-bond donors (Lipinski definition) is 9. The number of aliphatic hydroxyl groups is 8. The van der Waals surface area contributed by atoms with Gasteiger partial charge in [-0.25, -0.2) is 0 Å². The Balaban J connectivity index is 1.63. The zero-order valence-corrected chi connectivity index (χ0v) is 48.3. The van der Waals surface area contributed by atoms with E-state index >= 15 is 0 Å². The van der Waals surface area contributed by atoms with Crippen LogP contribution in [0.25, 0.3) is 0 Å². The minimum atomic E-state index is -1.79. The number of carbonyl (C=O) groups is 1. The summed E-state index contributed by atoms with van der Waals surface area (Å²) < 4.78 is 22.7. The van der Waals surface area contributed by atoms with Gasteiger partial charge in [0, 0.05) is 6.42 Å². The third kappa shape index (κ3) is 33.3. The molecular formula is C62H117NO13. The van der Waals surface area contributed by atoms with Gasteiger partial charge in [0.2, 0.25) is 5.91 Å². The molecule has 2 aliphatic rings. The second-order valence-electron chi connectivity index (χ2n) is 22.5. The zero-order valence-electron chi connectivity index (χ0n) is 48.3. The first-order valence-electron chi connectivity index (χ1n) is 31.6. The van der Waals surface area contributed by atoms with Crippen LogP contribution in [0.15, 0.2) is 24.3 Å². The van der Waals surface area contributed by atoms with Crippen LogP contribution in [0.2, 0.25) is 0 Å². The lowest BCUT2D eigenvalue weighted by atomic mass is 9.97. The zero-order chi connectivity index (χ0) is 55.3. The Kier molecular flexibility index (Phi) is 44.8. The molecule has 2 heterocycles. The molecule has 0 spiro atoms. The van der Waals surface area contributed by atoms with Gasteiger partial charge in [0.25, 0.3) is 0 Å². The van der Waals surface area contributed by atoms with Crippen LogP contribution < -0.4 is 5.32 Å². The highest BCUT2D eigenvalue weighted by atomic mass is 16.7. The van der Waals surface area contributed by atoms with Crippen molar-refractivity contribution in [3.63, 3.8) is 0 Å². The lowest BCUT2D eigenvalue weighted by Gasteiger charge is -2.46. The Morgan fingerprint density at radius 3 is 1.30 bits per heavy atom. The van der Waals surface area contributed by atoms with Crippen LogP contribution in [-0.2, 0) is 23.7 Å². The van der Waals surface area contributed by atoms with E-state index in [1.54, 1.807) is 6.08 Å². The fraction of sp³-hybridized carbons (Fsp3) is 0.919. The van der Waals surface area contributed by atoms with Gasteiger partial charge in [0.1, 0.15) is 48.8 Å². The maximum absolute atomic E-state index is 13.2. The number of rotatable bonds is 51. The summed E-state index contributed by atoms with van der Waals surface area (Å²) in [5.74, 6) is -0.249. The van der Waals surface area contributed by atoms with Crippen molar-refractivity contribution in [3.8, 4) is 0 Å². The van der Waals surface area contributed by atoms with Crippen molar-refractivity contribution in [3.05, 3.63) is 24.3 Å². The molecule has 14 heteroatoms. The quantitative estimate of drug-likeness (QED) is 0.0204. The van der Waals surface area contributed by atoms with Crippen LogP contribution in [0.4, 0.5) is 0 Å². The summed E-state index contributed by atoms with van der Waals surface area (Å²) in [5, 5.41) is 86.9. The number of ether oxygens (including phenoxy) is 4.